The Balaban J connectivity index is 1.70. The molecular weight excluding hydrogens is 256 g/mol. The van der Waals surface area contributed by atoms with Gasteiger partial charge in [-0.3, -0.25) is 4.79 Å². The molecule has 1 fully saturated rings. The Kier molecular flexibility index (Phi) is 5.12. The Morgan fingerprint density at radius 2 is 2.05 bits per heavy atom. The molecule has 1 atom stereocenters. The van der Waals surface area contributed by atoms with Gasteiger partial charge in [0.05, 0.1) is 5.56 Å². The lowest BCUT2D eigenvalue weighted by Crippen LogP contribution is -2.23. The highest BCUT2D eigenvalue weighted by Gasteiger charge is 2.15. The van der Waals surface area contributed by atoms with E-state index >= 15 is 0 Å². The number of rotatable bonds is 6. The summed E-state index contributed by atoms with van der Waals surface area (Å²) in [6, 6.07) is 6.55. The van der Waals surface area contributed by atoms with E-state index in [9.17, 15) is 9.59 Å². The molecule has 1 amide bonds. The van der Waals surface area contributed by atoms with Crippen molar-refractivity contribution in [3.8, 4) is 0 Å². The molecule has 1 aromatic carbocycles. The van der Waals surface area contributed by atoms with E-state index in [1.807, 2.05) is 0 Å². The van der Waals surface area contributed by atoms with Gasteiger partial charge in [0.15, 0.2) is 0 Å². The molecular formula is C15H20N2O3. The summed E-state index contributed by atoms with van der Waals surface area (Å²) in [5.74, 6) is -0.263. The smallest absolute Gasteiger partial charge is 0.335 e. The van der Waals surface area contributed by atoms with Crippen molar-refractivity contribution in [3.63, 3.8) is 0 Å². The number of aromatic carboxylic acids is 1. The molecule has 1 heterocycles. The first-order valence-electron chi connectivity index (χ1n) is 6.95. The molecule has 3 N–H and O–H groups in total. The van der Waals surface area contributed by atoms with Crippen LogP contribution in [0.15, 0.2) is 24.3 Å². The zero-order valence-electron chi connectivity index (χ0n) is 11.4. The van der Waals surface area contributed by atoms with Crippen LogP contribution in [0.25, 0.3) is 0 Å². The lowest BCUT2D eigenvalue weighted by molar-refractivity contribution is -0.121. The second-order valence-corrected chi connectivity index (χ2v) is 5.18. The first-order chi connectivity index (χ1) is 9.65. The first kappa shape index (κ1) is 14.5. The average Bonchev–Trinajstić information content (AvgIpc) is 2.96. The largest absolute Gasteiger partial charge is 0.478 e. The number of carbonyl (C=O) groups excluding carboxylic acids is 1. The number of carbonyl (C=O) groups is 2. The van der Waals surface area contributed by atoms with Crippen LogP contribution >= 0.6 is 0 Å². The van der Waals surface area contributed by atoms with Crippen molar-refractivity contribution in [3.05, 3.63) is 35.4 Å². The molecule has 1 unspecified atom stereocenters. The minimum Gasteiger partial charge on any atom is -0.478 e. The fourth-order valence-electron chi connectivity index (χ4n) is 2.35. The van der Waals surface area contributed by atoms with Gasteiger partial charge >= 0.3 is 5.97 Å². The van der Waals surface area contributed by atoms with E-state index in [1.54, 1.807) is 24.3 Å². The molecule has 1 saturated heterocycles. The molecule has 0 aromatic heterocycles. The van der Waals surface area contributed by atoms with Gasteiger partial charge in [0, 0.05) is 13.0 Å². The standard InChI is InChI=1S/C15H20N2O3/c18-14(6-3-12-7-8-16-9-12)17-10-11-1-4-13(5-2-11)15(19)20/h1-2,4-5,12,16H,3,6-10H2,(H,17,18)(H,19,20). The Bertz CT molecular complexity index is 465. The minimum atomic E-state index is -0.939. The number of nitrogens with one attached hydrogen (secondary N) is 2. The topological polar surface area (TPSA) is 78.4 Å². The fourth-order valence-corrected chi connectivity index (χ4v) is 2.35. The Hall–Kier alpha value is -1.88. The van der Waals surface area contributed by atoms with Crippen LogP contribution in [-0.4, -0.2) is 30.1 Å². The molecule has 1 aromatic rings. The van der Waals surface area contributed by atoms with Crippen molar-refractivity contribution in [2.24, 2.45) is 5.92 Å². The Morgan fingerprint density at radius 1 is 1.30 bits per heavy atom. The zero-order valence-corrected chi connectivity index (χ0v) is 11.4. The van der Waals surface area contributed by atoms with E-state index in [0.29, 0.717) is 18.9 Å². The molecule has 1 aliphatic rings. The van der Waals surface area contributed by atoms with Crippen LogP contribution in [0, 0.1) is 5.92 Å². The summed E-state index contributed by atoms with van der Waals surface area (Å²) >= 11 is 0. The van der Waals surface area contributed by atoms with Gasteiger partial charge in [-0.05, 0) is 49.5 Å². The second kappa shape index (κ2) is 7.05. The molecule has 5 heteroatoms. The van der Waals surface area contributed by atoms with E-state index in [2.05, 4.69) is 10.6 Å². The van der Waals surface area contributed by atoms with Crippen LogP contribution in [-0.2, 0) is 11.3 Å². The zero-order chi connectivity index (χ0) is 14.4. The van der Waals surface area contributed by atoms with E-state index in [-0.39, 0.29) is 11.5 Å². The van der Waals surface area contributed by atoms with E-state index in [4.69, 9.17) is 5.11 Å². The number of benzene rings is 1. The Morgan fingerprint density at radius 3 is 2.65 bits per heavy atom. The number of carboxylic acid groups (broad SMARTS) is 1. The molecule has 2 rings (SSSR count). The number of carboxylic acids is 1. The summed E-state index contributed by atoms with van der Waals surface area (Å²) in [4.78, 5) is 22.4. The molecule has 0 bridgehead atoms. The average molecular weight is 276 g/mol. The van der Waals surface area contributed by atoms with Gasteiger partial charge in [-0.1, -0.05) is 12.1 Å². The van der Waals surface area contributed by atoms with Gasteiger partial charge in [-0.25, -0.2) is 4.79 Å². The molecule has 0 aliphatic carbocycles. The third-order valence-corrected chi connectivity index (χ3v) is 3.63. The van der Waals surface area contributed by atoms with E-state index in [1.165, 1.54) is 0 Å². The predicted molar refractivity (Wildman–Crippen MR) is 75.5 cm³/mol. The first-order valence-corrected chi connectivity index (χ1v) is 6.95. The molecule has 0 radical (unpaired) electrons. The van der Waals surface area contributed by atoms with Crippen LogP contribution in [0.3, 0.4) is 0 Å². The summed E-state index contributed by atoms with van der Waals surface area (Å²) < 4.78 is 0. The fraction of sp³-hybridized carbons (Fsp3) is 0.467. The highest BCUT2D eigenvalue weighted by molar-refractivity contribution is 5.87. The van der Waals surface area contributed by atoms with Gasteiger partial charge in [0.25, 0.3) is 0 Å². The monoisotopic (exact) mass is 276 g/mol. The van der Waals surface area contributed by atoms with Crippen LogP contribution in [0.2, 0.25) is 0 Å². The van der Waals surface area contributed by atoms with Crippen LogP contribution < -0.4 is 10.6 Å². The minimum absolute atomic E-state index is 0.0548. The summed E-state index contributed by atoms with van der Waals surface area (Å²) in [5, 5.41) is 14.9. The summed E-state index contributed by atoms with van der Waals surface area (Å²) in [6.07, 6.45) is 2.64. The molecule has 20 heavy (non-hydrogen) atoms. The number of amides is 1. The maximum Gasteiger partial charge on any atom is 0.335 e. The predicted octanol–water partition coefficient (Wildman–Crippen LogP) is 1.39. The third kappa shape index (κ3) is 4.35. The van der Waals surface area contributed by atoms with Crippen LogP contribution in [0.1, 0.15) is 35.2 Å². The maximum absolute atomic E-state index is 11.7. The summed E-state index contributed by atoms with van der Waals surface area (Å²) in [6.45, 7) is 2.52. The second-order valence-electron chi connectivity index (χ2n) is 5.18. The van der Waals surface area contributed by atoms with Gasteiger partial charge in [0.2, 0.25) is 5.91 Å². The van der Waals surface area contributed by atoms with Gasteiger partial charge < -0.3 is 15.7 Å². The molecule has 0 saturated carbocycles. The number of hydrogen-bond acceptors (Lipinski definition) is 3. The van der Waals surface area contributed by atoms with Gasteiger partial charge in [-0.2, -0.15) is 0 Å². The highest BCUT2D eigenvalue weighted by atomic mass is 16.4. The van der Waals surface area contributed by atoms with E-state index in [0.717, 1.165) is 31.5 Å². The van der Waals surface area contributed by atoms with Crippen LogP contribution in [0.5, 0.6) is 0 Å². The molecule has 5 nitrogen and oxygen atoms in total. The van der Waals surface area contributed by atoms with Crippen molar-refractivity contribution < 1.29 is 14.7 Å². The molecule has 108 valence electrons. The normalized spacial score (nSPS) is 17.9. The van der Waals surface area contributed by atoms with Crippen molar-refractivity contribution in [1.82, 2.24) is 10.6 Å². The summed E-state index contributed by atoms with van der Waals surface area (Å²) in [5.41, 5.74) is 1.17. The van der Waals surface area contributed by atoms with Gasteiger partial charge in [0.1, 0.15) is 0 Å². The molecule has 0 spiro atoms. The third-order valence-electron chi connectivity index (χ3n) is 3.63. The SMILES string of the molecule is O=C(CCC1CCNC1)NCc1ccc(C(=O)O)cc1. The van der Waals surface area contributed by atoms with Gasteiger partial charge in [-0.15, -0.1) is 0 Å². The maximum atomic E-state index is 11.7. The highest BCUT2D eigenvalue weighted by Crippen LogP contribution is 2.14. The van der Waals surface area contributed by atoms with E-state index < -0.39 is 5.97 Å². The van der Waals surface area contributed by atoms with Crippen molar-refractivity contribution in [1.29, 1.82) is 0 Å². The van der Waals surface area contributed by atoms with Crippen molar-refractivity contribution in [2.45, 2.75) is 25.8 Å². The number of hydrogen-bond donors (Lipinski definition) is 3. The van der Waals surface area contributed by atoms with Crippen LogP contribution in [0.4, 0.5) is 0 Å². The lowest BCUT2D eigenvalue weighted by atomic mass is 10.0. The quantitative estimate of drug-likeness (QED) is 0.733. The Labute approximate surface area is 118 Å². The van der Waals surface area contributed by atoms with Crippen molar-refractivity contribution in [2.75, 3.05) is 13.1 Å². The summed E-state index contributed by atoms with van der Waals surface area (Å²) in [7, 11) is 0. The van der Waals surface area contributed by atoms with Crippen molar-refractivity contribution >= 4 is 11.9 Å². The lowest BCUT2D eigenvalue weighted by Gasteiger charge is -2.09. The molecule has 1 aliphatic heterocycles.